The van der Waals surface area contributed by atoms with E-state index in [1.807, 2.05) is 123 Å². The van der Waals surface area contributed by atoms with Crippen molar-refractivity contribution >= 4 is 47.7 Å². The molecule has 0 saturated heterocycles. The molecule has 192 valence electrons. The lowest BCUT2D eigenvalue weighted by atomic mass is 9.97. The van der Waals surface area contributed by atoms with Gasteiger partial charge < -0.3 is 5.11 Å². The Morgan fingerprint density at radius 2 is 1.44 bits per heavy atom. The molecule has 1 aliphatic rings. The van der Waals surface area contributed by atoms with E-state index in [2.05, 4.69) is 10.1 Å². The lowest BCUT2D eigenvalue weighted by molar-refractivity contribution is -0.114. The topological polar surface area (TPSA) is 65.8 Å². The van der Waals surface area contributed by atoms with Gasteiger partial charge in [-0.1, -0.05) is 86.7 Å². The van der Waals surface area contributed by atoms with Gasteiger partial charge in [-0.25, -0.2) is 0 Å². The molecule has 0 atom stereocenters. The second-order valence-electron chi connectivity index (χ2n) is 9.56. The second kappa shape index (κ2) is 11.6. The summed E-state index contributed by atoms with van der Waals surface area (Å²) in [5.41, 5.74) is 6.28. The number of carbonyl (C=O) groups excluding carboxylic acids is 1. The zero-order valence-electron chi connectivity index (χ0n) is 21.9. The number of rotatable bonds is 7. The van der Waals surface area contributed by atoms with Crippen molar-refractivity contribution in [3.8, 4) is 5.75 Å². The predicted octanol–water partition coefficient (Wildman–Crippen LogP) is 7.57. The van der Waals surface area contributed by atoms with Crippen molar-refractivity contribution in [3.63, 3.8) is 0 Å². The largest absolute Gasteiger partial charge is 0.507 e. The Morgan fingerprint density at radius 3 is 2.15 bits per heavy atom. The number of phenols is 1. The van der Waals surface area contributed by atoms with Crippen molar-refractivity contribution in [2.45, 2.75) is 13.8 Å². The molecule has 0 spiro atoms. The van der Waals surface area contributed by atoms with Gasteiger partial charge in [0.1, 0.15) is 5.75 Å². The van der Waals surface area contributed by atoms with Crippen LogP contribution in [0.4, 0.5) is 5.69 Å². The summed E-state index contributed by atoms with van der Waals surface area (Å²) in [6.07, 6.45) is 11.4. The molecule has 1 amide bonds. The number of nitrogens with zero attached hydrogens (tertiary/aromatic N) is 3. The number of phenolic OH excluding ortho intramolecular Hbond substituents is 1. The minimum atomic E-state index is -0.222. The van der Waals surface area contributed by atoms with Crippen molar-refractivity contribution < 1.29 is 9.90 Å². The summed E-state index contributed by atoms with van der Waals surface area (Å²) in [5.74, 6) is -0.0908. The molecule has 5 rings (SSSR count). The Morgan fingerprint density at radius 1 is 0.769 bits per heavy atom. The van der Waals surface area contributed by atoms with Gasteiger partial charge in [0.2, 0.25) is 0 Å². The third kappa shape index (κ3) is 6.11. The van der Waals surface area contributed by atoms with Gasteiger partial charge in [0.25, 0.3) is 5.91 Å². The highest BCUT2D eigenvalue weighted by Crippen LogP contribution is 2.30. The third-order valence-electron chi connectivity index (χ3n) is 6.34. The summed E-state index contributed by atoms with van der Waals surface area (Å²) < 4.78 is 0. The van der Waals surface area contributed by atoms with Crippen molar-refractivity contribution in [2.24, 2.45) is 11.0 Å². The van der Waals surface area contributed by atoms with Gasteiger partial charge in [-0.05, 0) is 71.2 Å². The van der Waals surface area contributed by atoms with E-state index in [1.165, 1.54) is 5.01 Å². The Hall–Kier alpha value is -5.03. The monoisotopic (exact) mass is 511 g/mol. The number of hydrogen-bond donors (Lipinski definition) is 1. The molecule has 0 aliphatic carbocycles. The van der Waals surface area contributed by atoms with Crippen LogP contribution in [0.15, 0.2) is 108 Å². The first kappa shape index (κ1) is 25.6. The first-order valence-electron chi connectivity index (χ1n) is 12.9. The molecule has 1 aromatic heterocycles. The maximum atomic E-state index is 13.6. The predicted molar refractivity (Wildman–Crippen MR) is 161 cm³/mol. The van der Waals surface area contributed by atoms with Crippen LogP contribution in [-0.2, 0) is 4.79 Å². The molecule has 0 bridgehead atoms. The zero-order chi connectivity index (χ0) is 27.2. The number of benzene rings is 3. The van der Waals surface area contributed by atoms with E-state index in [1.54, 1.807) is 18.3 Å². The summed E-state index contributed by atoms with van der Waals surface area (Å²) in [5, 5.41) is 16.7. The summed E-state index contributed by atoms with van der Waals surface area (Å²) in [7, 11) is 0. The number of pyridine rings is 1. The standard InChI is InChI=1S/C34H29N3O2/c1-24(2)33-31(23-28-22-27(16-20-32(28)38)12-11-25-8-4-3-5-9-25)34(39)37(36-33)30-18-14-26(15-19-30)13-17-29-10-6-7-21-35-29/h3-24,38H,1-2H3. The lowest BCUT2D eigenvalue weighted by Crippen LogP contribution is -2.21. The molecular formula is C34H29N3O2. The maximum Gasteiger partial charge on any atom is 0.280 e. The van der Waals surface area contributed by atoms with Crippen LogP contribution >= 0.6 is 0 Å². The molecule has 39 heavy (non-hydrogen) atoms. The number of aromatic nitrogens is 1. The third-order valence-corrected chi connectivity index (χ3v) is 6.34. The average Bonchev–Trinajstić information content (AvgIpc) is 3.29. The average molecular weight is 512 g/mol. The summed E-state index contributed by atoms with van der Waals surface area (Å²) in [6.45, 7) is 4.02. The van der Waals surface area contributed by atoms with E-state index in [9.17, 15) is 9.90 Å². The van der Waals surface area contributed by atoms with Crippen LogP contribution in [0.25, 0.3) is 30.4 Å². The molecule has 5 nitrogen and oxygen atoms in total. The molecule has 2 heterocycles. The lowest BCUT2D eigenvalue weighted by Gasteiger charge is -2.12. The summed E-state index contributed by atoms with van der Waals surface area (Å²) >= 11 is 0. The number of aromatic hydroxyl groups is 1. The first-order valence-corrected chi connectivity index (χ1v) is 12.9. The highest BCUT2D eigenvalue weighted by Gasteiger charge is 2.32. The number of hydrogen-bond acceptors (Lipinski definition) is 4. The Balaban J connectivity index is 1.40. The van der Waals surface area contributed by atoms with Crippen LogP contribution in [-0.4, -0.2) is 21.7 Å². The van der Waals surface area contributed by atoms with Crippen molar-refractivity contribution in [2.75, 3.05) is 5.01 Å². The fraction of sp³-hybridized carbons (Fsp3) is 0.0882. The van der Waals surface area contributed by atoms with Crippen LogP contribution < -0.4 is 5.01 Å². The Labute approximate surface area is 228 Å². The van der Waals surface area contributed by atoms with Crippen molar-refractivity contribution in [3.05, 3.63) is 131 Å². The molecule has 0 unspecified atom stereocenters. The fourth-order valence-corrected chi connectivity index (χ4v) is 4.25. The highest BCUT2D eigenvalue weighted by atomic mass is 16.3. The molecule has 1 N–H and O–H groups in total. The van der Waals surface area contributed by atoms with Gasteiger partial charge in [0.15, 0.2) is 0 Å². The number of anilines is 1. The van der Waals surface area contributed by atoms with Gasteiger partial charge in [0.05, 0.1) is 22.7 Å². The first-order chi connectivity index (χ1) is 19.0. The molecule has 5 heteroatoms. The van der Waals surface area contributed by atoms with E-state index in [-0.39, 0.29) is 17.6 Å². The molecule has 0 fully saturated rings. The van der Waals surface area contributed by atoms with E-state index in [0.717, 1.165) is 22.4 Å². The molecule has 0 saturated carbocycles. The fourth-order valence-electron chi connectivity index (χ4n) is 4.25. The minimum Gasteiger partial charge on any atom is -0.507 e. The van der Waals surface area contributed by atoms with E-state index in [4.69, 9.17) is 0 Å². The Kier molecular flexibility index (Phi) is 7.60. The number of carbonyl (C=O) groups is 1. The van der Waals surface area contributed by atoms with Crippen LogP contribution in [0.2, 0.25) is 0 Å². The Bertz CT molecular complexity index is 1580. The smallest absolute Gasteiger partial charge is 0.280 e. The summed E-state index contributed by atoms with van der Waals surface area (Å²) in [6, 6.07) is 28.8. The van der Waals surface area contributed by atoms with Crippen LogP contribution in [0.5, 0.6) is 5.75 Å². The van der Waals surface area contributed by atoms with E-state index in [0.29, 0.717) is 22.5 Å². The van der Waals surface area contributed by atoms with E-state index < -0.39 is 0 Å². The van der Waals surface area contributed by atoms with Gasteiger partial charge in [-0.2, -0.15) is 10.1 Å². The van der Waals surface area contributed by atoms with Crippen LogP contribution in [0.3, 0.4) is 0 Å². The minimum absolute atomic E-state index is 0.0223. The van der Waals surface area contributed by atoms with Gasteiger partial charge >= 0.3 is 0 Å². The quantitative estimate of drug-likeness (QED) is 0.206. The van der Waals surface area contributed by atoms with Gasteiger partial charge in [-0.15, -0.1) is 0 Å². The van der Waals surface area contributed by atoms with Gasteiger partial charge in [-0.3, -0.25) is 9.78 Å². The zero-order valence-corrected chi connectivity index (χ0v) is 21.9. The molecule has 0 radical (unpaired) electrons. The molecule has 3 aromatic carbocycles. The van der Waals surface area contributed by atoms with Crippen molar-refractivity contribution in [1.29, 1.82) is 0 Å². The van der Waals surface area contributed by atoms with Crippen LogP contribution in [0.1, 0.15) is 41.8 Å². The van der Waals surface area contributed by atoms with Gasteiger partial charge in [0, 0.05) is 11.8 Å². The van der Waals surface area contributed by atoms with E-state index >= 15 is 0 Å². The summed E-state index contributed by atoms with van der Waals surface area (Å²) in [4.78, 5) is 17.9. The second-order valence-corrected chi connectivity index (χ2v) is 9.56. The molecule has 1 aliphatic heterocycles. The molecular weight excluding hydrogens is 482 g/mol. The van der Waals surface area contributed by atoms with Crippen molar-refractivity contribution in [1.82, 2.24) is 4.98 Å². The SMILES string of the molecule is CC(C)C1=NN(c2ccc(C=Cc3ccccn3)cc2)C(=O)C1=Cc1cc(C=Cc2ccccc2)ccc1O. The maximum absolute atomic E-state index is 13.6. The number of hydrazone groups is 1. The number of amides is 1. The highest BCUT2D eigenvalue weighted by molar-refractivity contribution is 6.33. The van der Waals surface area contributed by atoms with Crippen LogP contribution in [0, 0.1) is 5.92 Å². The molecule has 4 aromatic rings. The normalized spacial score (nSPS) is 14.7.